The summed E-state index contributed by atoms with van der Waals surface area (Å²) in [5, 5.41) is 12.3. The first-order valence-electron chi connectivity index (χ1n) is 5.13. The van der Waals surface area contributed by atoms with Crippen LogP contribution in [0.2, 0.25) is 0 Å². The Labute approximate surface area is 108 Å². The van der Waals surface area contributed by atoms with Crippen molar-refractivity contribution in [3.8, 4) is 0 Å². The number of aromatic carboxylic acids is 1. The fourth-order valence-electron chi connectivity index (χ4n) is 1.41. The summed E-state index contributed by atoms with van der Waals surface area (Å²) >= 11 is 0. The van der Waals surface area contributed by atoms with Gasteiger partial charge < -0.3 is 14.0 Å². The largest absolute Gasteiger partial charge is 0.475 e. The normalized spacial score (nSPS) is 11.6. The van der Waals surface area contributed by atoms with E-state index in [1.54, 1.807) is 0 Å². The van der Waals surface area contributed by atoms with E-state index in [0.717, 1.165) is 6.07 Å². The molecule has 0 aliphatic carbocycles. The lowest BCUT2D eigenvalue weighted by Crippen LogP contribution is -2.23. The molecule has 0 unspecified atom stereocenters. The van der Waals surface area contributed by atoms with Crippen LogP contribution in [0.1, 0.15) is 22.0 Å². The van der Waals surface area contributed by atoms with E-state index in [0.29, 0.717) is 5.69 Å². The standard InChI is InChI=1S/C10H10N2O6S/c1-6-9(4-8(18-6)10(13)14)19(15,16)11-5-7-2-3-17-12-7/h2-4,11H,5H2,1H3,(H,13,14). The van der Waals surface area contributed by atoms with Crippen molar-refractivity contribution in [2.24, 2.45) is 0 Å². The molecule has 0 fully saturated rings. The summed E-state index contributed by atoms with van der Waals surface area (Å²) in [4.78, 5) is 10.5. The van der Waals surface area contributed by atoms with Crippen LogP contribution in [0.5, 0.6) is 0 Å². The Balaban J connectivity index is 2.22. The van der Waals surface area contributed by atoms with Gasteiger partial charge in [0.15, 0.2) is 0 Å². The highest BCUT2D eigenvalue weighted by Gasteiger charge is 2.23. The molecule has 0 aliphatic rings. The van der Waals surface area contributed by atoms with E-state index >= 15 is 0 Å². The molecule has 0 saturated carbocycles. The third-order valence-corrected chi connectivity index (χ3v) is 3.82. The number of aromatic nitrogens is 1. The minimum Gasteiger partial charge on any atom is -0.475 e. The zero-order valence-electron chi connectivity index (χ0n) is 9.78. The molecule has 9 heteroatoms. The van der Waals surface area contributed by atoms with Gasteiger partial charge in [-0.2, -0.15) is 0 Å². The summed E-state index contributed by atoms with van der Waals surface area (Å²) in [6.07, 6.45) is 1.31. The molecule has 0 saturated heterocycles. The van der Waals surface area contributed by atoms with Crippen LogP contribution in [0.15, 0.2) is 32.2 Å². The van der Waals surface area contributed by atoms with E-state index in [2.05, 4.69) is 14.4 Å². The maximum atomic E-state index is 12.0. The molecule has 0 aromatic carbocycles. The van der Waals surface area contributed by atoms with Crippen molar-refractivity contribution >= 4 is 16.0 Å². The molecule has 8 nitrogen and oxygen atoms in total. The van der Waals surface area contributed by atoms with Crippen molar-refractivity contribution in [2.75, 3.05) is 0 Å². The summed E-state index contributed by atoms with van der Waals surface area (Å²) in [6, 6.07) is 2.47. The summed E-state index contributed by atoms with van der Waals surface area (Å²) in [5.41, 5.74) is 0.406. The third-order valence-electron chi connectivity index (χ3n) is 2.31. The Bertz CT molecular complexity index is 686. The lowest BCUT2D eigenvalue weighted by molar-refractivity contribution is 0.0661. The van der Waals surface area contributed by atoms with Gasteiger partial charge in [0.05, 0.1) is 12.2 Å². The molecule has 0 radical (unpaired) electrons. The number of furan rings is 1. The second-order valence-corrected chi connectivity index (χ2v) is 5.39. The van der Waals surface area contributed by atoms with E-state index in [4.69, 9.17) is 9.52 Å². The van der Waals surface area contributed by atoms with Crippen molar-refractivity contribution in [3.05, 3.63) is 35.6 Å². The van der Waals surface area contributed by atoms with E-state index < -0.39 is 21.8 Å². The Morgan fingerprint density at radius 2 is 2.26 bits per heavy atom. The third kappa shape index (κ3) is 2.83. The van der Waals surface area contributed by atoms with Gasteiger partial charge in [0.25, 0.3) is 0 Å². The van der Waals surface area contributed by atoms with Crippen molar-refractivity contribution < 1.29 is 27.3 Å². The second kappa shape index (κ2) is 4.86. The van der Waals surface area contributed by atoms with Gasteiger partial charge in [0.1, 0.15) is 16.9 Å². The molecule has 2 rings (SSSR count). The fraction of sp³-hybridized carbons (Fsp3) is 0.200. The molecule has 0 spiro atoms. The lowest BCUT2D eigenvalue weighted by Gasteiger charge is -2.02. The van der Waals surface area contributed by atoms with Crippen molar-refractivity contribution in [2.45, 2.75) is 18.4 Å². The van der Waals surface area contributed by atoms with Gasteiger partial charge in [0, 0.05) is 12.1 Å². The molecule has 0 atom stereocenters. The van der Waals surface area contributed by atoms with Crippen LogP contribution in [-0.2, 0) is 16.6 Å². The molecule has 0 aliphatic heterocycles. The van der Waals surface area contributed by atoms with E-state index in [1.165, 1.54) is 19.3 Å². The zero-order chi connectivity index (χ0) is 14.0. The first-order chi connectivity index (χ1) is 8.90. The topological polar surface area (TPSA) is 123 Å². The van der Waals surface area contributed by atoms with Gasteiger partial charge in [-0.1, -0.05) is 5.16 Å². The number of hydrogen-bond donors (Lipinski definition) is 2. The minimum absolute atomic E-state index is 0.00468. The Morgan fingerprint density at radius 1 is 1.53 bits per heavy atom. The average molecular weight is 286 g/mol. The minimum atomic E-state index is -3.87. The SMILES string of the molecule is Cc1oc(C(=O)O)cc1S(=O)(=O)NCc1ccon1. The maximum Gasteiger partial charge on any atom is 0.371 e. The van der Waals surface area contributed by atoms with Gasteiger partial charge in [-0.25, -0.2) is 17.9 Å². The monoisotopic (exact) mass is 286 g/mol. The van der Waals surface area contributed by atoms with Crippen molar-refractivity contribution in [3.63, 3.8) is 0 Å². The summed E-state index contributed by atoms with van der Waals surface area (Å²) in [7, 11) is -3.87. The molecular weight excluding hydrogens is 276 g/mol. The molecule has 19 heavy (non-hydrogen) atoms. The van der Waals surface area contributed by atoms with Crippen LogP contribution in [-0.4, -0.2) is 24.7 Å². The number of sulfonamides is 1. The first kappa shape index (κ1) is 13.3. The first-order valence-corrected chi connectivity index (χ1v) is 6.61. The van der Waals surface area contributed by atoms with E-state index in [9.17, 15) is 13.2 Å². The van der Waals surface area contributed by atoms with Crippen LogP contribution in [0.4, 0.5) is 0 Å². The van der Waals surface area contributed by atoms with Crippen LogP contribution in [0.3, 0.4) is 0 Å². The van der Waals surface area contributed by atoms with E-state index in [-0.39, 0.29) is 17.2 Å². The Morgan fingerprint density at radius 3 is 2.79 bits per heavy atom. The highest BCUT2D eigenvalue weighted by Crippen LogP contribution is 2.20. The molecule has 2 aromatic heterocycles. The zero-order valence-corrected chi connectivity index (χ0v) is 10.6. The predicted molar refractivity (Wildman–Crippen MR) is 60.9 cm³/mol. The average Bonchev–Trinajstić information content (AvgIpc) is 2.95. The number of nitrogens with zero attached hydrogens (tertiary/aromatic N) is 1. The van der Waals surface area contributed by atoms with Gasteiger partial charge in [-0.3, -0.25) is 0 Å². The maximum absolute atomic E-state index is 12.0. The Kier molecular flexibility index (Phi) is 3.40. The highest BCUT2D eigenvalue weighted by molar-refractivity contribution is 7.89. The van der Waals surface area contributed by atoms with Gasteiger partial charge >= 0.3 is 5.97 Å². The van der Waals surface area contributed by atoms with Crippen LogP contribution < -0.4 is 4.72 Å². The molecule has 2 aromatic rings. The van der Waals surface area contributed by atoms with Crippen LogP contribution >= 0.6 is 0 Å². The smallest absolute Gasteiger partial charge is 0.371 e. The Hall–Kier alpha value is -2.13. The second-order valence-electron chi connectivity index (χ2n) is 3.65. The van der Waals surface area contributed by atoms with Crippen molar-refractivity contribution in [1.82, 2.24) is 9.88 Å². The molecule has 2 heterocycles. The molecule has 102 valence electrons. The molecule has 0 bridgehead atoms. The number of rotatable bonds is 5. The number of carbonyl (C=O) groups is 1. The summed E-state index contributed by atoms with van der Waals surface area (Å²) < 4.78 is 35.6. The fourth-order valence-corrected chi connectivity index (χ4v) is 2.59. The van der Waals surface area contributed by atoms with E-state index in [1.807, 2.05) is 0 Å². The van der Waals surface area contributed by atoms with Gasteiger partial charge in [-0.05, 0) is 6.92 Å². The number of carboxylic acids is 1. The van der Waals surface area contributed by atoms with Gasteiger partial charge in [-0.15, -0.1) is 0 Å². The van der Waals surface area contributed by atoms with Crippen LogP contribution in [0, 0.1) is 6.92 Å². The number of nitrogens with one attached hydrogen (secondary N) is 1. The quantitative estimate of drug-likeness (QED) is 0.831. The lowest BCUT2D eigenvalue weighted by atomic mass is 10.4. The van der Waals surface area contributed by atoms with Crippen molar-refractivity contribution in [1.29, 1.82) is 0 Å². The number of carboxylic acid groups (broad SMARTS) is 1. The van der Waals surface area contributed by atoms with Crippen LogP contribution in [0.25, 0.3) is 0 Å². The number of aryl methyl sites for hydroxylation is 1. The number of hydrogen-bond acceptors (Lipinski definition) is 6. The predicted octanol–water partition coefficient (Wildman–Crippen LogP) is 0.753. The molecule has 0 amide bonds. The molecular formula is C10H10N2O6S. The summed E-state index contributed by atoms with van der Waals surface area (Å²) in [6.45, 7) is 1.31. The highest BCUT2D eigenvalue weighted by atomic mass is 32.2. The molecule has 2 N–H and O–H groups in total. The summed E-state index contributed by atoms with van der Waals surface area (Å²) in [5.74, 6) is -1.76. The van der Waals surface area contributed by atoms with Gasteiger partial charge in [0.2, 0.25) is 15.8 Å².